The number of hydrogen-bond donors (Lipinski definition) is 1. The van der Waals surface area contributed by atoms with Gasteiger partial charge in [-0.05, 0) is 31.2 Å². The van der Waals surface area contributed by atoms with Gasteiger partial charge in [-0.3, -0.25) is 14.2 Å². The van der Waals surface area contributed by atoms with Crippen molar-refractivity contribution in [3.05, 3.63) is 63.9 Å². The number of carbonyl (C=O) groups is 1. The molecule has 1 aromatic heterocycles. The molecular formula is C20H20ClN3O3S. The van der Waals surface area contributed by atoms with Crippen molar-refractivity contribution in [1.29, 1.82) is 0 Å². The van der Waals surface area contributed by atoms with E-state index in [-0.39, 0.29) is 23.3 Å². The second-order valence-corrected chi connectivity index (χ2v) is 7.57. The van der Waals surface area contributed by atoms with E-state index in [1.54, 1.807) is 49.6 Å². The number of ether oxygens (including phenoxy) is 1. The summed E-state index contributed by atoms with van der Waals surface area (Å²) in [7, 11) is 1.58. The zero-order valence-corrected chi connectivity index (χ0v) is 17.1. The lowest BCUT2D eigenvalue weighted by molar-refractivity contribution is -0.119. The minimum atomic E-state index is -0.227. The predicted octanol–water partition coefficient (Wildman–Crippen LogP) is 3.28. The fraction of sp³-hybridized carbons (Fsp3) is 0.250. The Morgan fingerprint density at radius 1 is 1.25 bits per heavy atom. The van der Waals surface area contributed by atoms with Crippen LogP contribution in [-0.2, 0) is 9.53 Å². The molecule has 146 valence electrons. The molecule has 1 heterocycles. The van der Waals surface area contributed by atoms with Crippen LogP contribution in [0.3, 0.4) is 0 Å². The average Bonchev–Trinajstić information content (AvgIpc) is 2.67. The van der Waals surface area contributed by atoms with Crippen LogP contribution in [0.2, 0.25) is 5.02 Å². The van der Waals surface area contributed by atoms with Crippen molar-refractivity contribution in [2.24, 2.45) is 0 Å². The summed E-state index contributed by atoms with van der Waals surface area (Å²) in [5.41, 5.74) is 0.879. The molecule has 28 heavy (non-hydrogen) atoms. The topological polar surface area (TPSA) is 73.2 Å². The van der Waals surface area contributed by atoms with E-state index in [0.29, 0.717) is 33.4 Å². The number of fused-ring (bicyclic) bond motifs is 1. The monoisotopic (exact) mass is 417 g/mol. The number of hydrogen-bond acceptors (Lipinski definition) is 5. The Labute approximate surface area is 171 Å². The van der Waals surface area contributed by atoms with Gasteiger partial charge in [-0.1, -0.05) is 47.6 Å². The van der Waals surface area contributed by atoms with Crippen molar-refractivity contribution < 1.29 is 9.53 Å². The minimum absolute atomic E-state index is 0.103. The summed E-state index contributed by atoms with van der Waals surface area (Å²) in [6.45, 7) is 2.29. The summed E-state index contributed by atoms with van der Waals surface area (Å²) in [5, 5.41) is 4.18. The van der Waals surface area contributed by atoms with Crippen LogP contribution < -0.4 is 10.9 Å². The number of halogens is 1. The quantitative estimate of drug-likeness (QED) is 0.471. The normalized spacial score (nSPS) is 12.1. The van der Waals surface area contributed by atoms with Gasteiger partial charge in [0.05, 0.1) is 34.0 Å². The van der Waals surface area contributed by atoms with Crippen molar-refractivity contribution in [2.75, 3.05) is 19.5 Å². The van der Waals surface area contributed by atoms with E-state index >= 15 is 0 Å². The predicted molar refractivity (Wildman–Crippen MR) is 113 cm³/mol. The lowest BCUT2D eigenvalue weighted by Crippen LogP contribution is -2.36. The Morgan fingerprint density at radius 3 is 2.71 bits per heavy atom. The molecule has 0 unspecified atom stereocenters. The summed E-state index contributed by atoms with van der Waals surface area (Å²) < 4.78 is 6.49. The third kappa shape index (κ3) is 4.55. The molecule has 0 saturated heterocycles. The number of thioether (sulfide) groups is 1. The van der Waals surface area contributed by atoms with Crippen LogP contribution >= 0.6 is 23.4 Å². The van der Waals surface area contributed by atoms with Crippen LogP contribution in [0.5, 0.6) is 0 Å². The Hall–Kier alpha value is -2.35. The van der Waals surface area contributed by atoms with Gasteiger partial charge in [0.25, 0.3) is 5.56 Å². The van der Waals surface area contributed by atoms with Gasteiger partial charge >= 0.3 is 0 Å². The van der Waals surface area contributed by atoms with Gasteiger partial charge in [0.1, 0.15) is 0 Å². The Bertz CT molecular complexity index is 1050. The molecule has 0 aliphatic heterocycles. The van der Waals surface area contributed by atoms with Gasteiger partial charge in [-0.15, -0.1) is 0 Å². The lowest BCUT2D eigenvalue weighted by atomic mass is 10.2. The van der Waals surface area contributed by atoms with E-state index in [2.05, 4.69) is 10.3 Å². The number of carbonyl (C=O) groups excluding carboxylic acids is 1. The number of para-hydroxylation sites is 2. The number of benzene rings is 2. The molecule has 0 radical (unpaired) electrons. The Kier molecular flexibility index (Phi) is 6.72. The number of rotatable bonds is 7. The van der Waals surface area contributed by atoms with Gasteiger partial charge in [0.2, 0.25) is 5.91 Å². The van der Waals surface area contributed by atoms with Crippen molar-refractivity contribution >= 4 is 40.2 Å². The van der Waals surface area contributed by atoms with Gasteiger partial charge in [0, 0.05) is 13.2 Å². The summed E-state index contributed by atoms with van der Waals surface area (Å²) in [5.74, 6) is -0.0498. The van der Waals surface area contributed by atoms with Crippen LogP contribution in [0.15, 0.2) is 58.5 Å². The first-order valence-corrected chi connectivity index (χ1v) is 10.1. The molecule has 3 aromatic rings. The van der Waals surface area contributed by atoms with Crippen LogP contribution in [0.25, 0.3) is 16.6 Å². The van der Waals surface area contributed by atoms with E-state index in [9.17, 15) is 9.59 Å². The molecule has 8 heteroatoms. The second kappa shape index (κ2) is 9.23. The Morgan fingerprint density at radius 2 is 1.96 bits per heavy atom. The van der Waals surface area contributed by atoms with Crippen LogP contribution in [0.4, 0.5) is 0 Å². The second-order valence-electron chi connectivity index (χ2n) is 6.22. The standard InChI is InChI=1S/C20H20ClN3O3S/c1-13(11-27-2)22-18(25)12-28-20-23-16-9-5-3-7-14(16)19(26)24(20)17-10-6-4-8-15(17)21/h3-10,13H,11-12H2,1-2H3,(H,22,25)/t13-/m0/s1. The fourth-order valence-corrected chi connectivity index (χ4v) is 3.83. The van der Waals surface area contributed by atoms with Crippen LogP contribution in [0.1, 0.15) is 6.92 Å². The van der Waals surface area contributed by atoms with Crippen molar-refractivity contribution in [3.63, 3.8) is 0 Å². The third-order valence-electron chi connectivity index (χ3n) is 3.99. The molecule has 1 atom stereocenters. The SMILES string of the molecule is COC[C@H](C)NC(=O)CSc1nc2ccccc2c(=O)n1-c1ccccc1Cl. The minimum Gasteiger partial charge on any atom is -0.383 e. The summed E-state index contributed by atoms with van der Waals surface area (Å²) in [6.07, 6.45) is 0. The molecule has 0 bridgehead atoms. The number of amides is 1. The van der Waals surface area contributed by atoms with E-state index in [1.807, 2.05) is 13.0 Å². The van der Waals surface area contributed by atoms with Crippen LogP contribution in [0, 0.1) is 0 Å². The van der Waals surface area contributed by atoms with Crippen LogP contribution in [-0.4, -0.2) is 41.0 Å². The third-order valence-corrected chi connectivity index (χ3v) is 5.25. The first-order chi connectivity index (χ1) is 13.5. The van der Waals surface area contributed by atoms with Gasteiger partial charge in [-0.25, -0.2) is 4.98 Å². The lowest BCUT2D eigenvalue weighted by Gasteiger charge is -2.15. The molecule has 0 spiro atoms. The molecule has 0 saturated carbocycles. The number of methoxy groups -OCH3 is 1. The Balaban J connectivity index is 1.99. The smallest absolute Gasteiger partial charge is 0.266 e. The zero-order chi connectivity index (χ0) is 20.1. The average molecular weight is 418 g/mol. The van der Waals surface area contributed by atoms with E-state index in [1.165, 1.54) is 16.3 Å². The van der Waals surface area contributed by atoms with Gasteiger partial charge in [0.15, 0.2) is 5.16 Å². The van der Waals surface area contributed by atoms with E-state index in [4.69, 9.17) is 16.3 Å². The highest BCUT2D eigenvalue weighted by molar-refractivity contribution is 7.99. The molecular weight excluding hydrogens is 398 g/mol. The number of nitrogens with zero attached hydrogens (tertiary/aromatic N) is 2. The van der Waals surface area contributed by atoms with Crippen molar-refractivity contribution in [2.45, 2.75) is 18.1 Å². The molecule has 0 aliphatic rings. The number of aromatic nitrogens is 2. The van der Waals surface area contributed by atoms with E-state index < -0.39 is 0 Å². The van der Waals surface area contributed by atoms with Gasteiger partial charge < -0.3 is 10.1 Å². The first-order valence-electron chi connectivity index (χ1n) is 8.69. The summed E-state index contributed by atoms with van der Waals surface area (Å²) >= 11 is 7.52. The summed E-state index contributed by atoms with van der Waals surface area (Å²) in [6, 6.07) is 14.1. The molecule has 1 amide bonds. The first kappa shape index (κ1) is 20.4. The molecule has 0 aliphatic carbocycles. The molecule has 1 N–H and O–H groups in total. The highest BCUT2D eigenvalue weighted by Gasteiger charge is 2.17. The van der Waals surface area contributed by atoms with Crippen molar-refractivity contribution in [3.8, 4) is 5.69 Å². The molecule has 3 rings (SSSR count). The summed E-state index contributed by atoms with van der Waals surface area (Å²) in [4.78, 5) is 30.0. The number of nitrogens with one attached hydrogen (secondary N) is 1. The molecule has 6 nitrogen and oxygen atoms in total. The van der Waals surface area contributed by atoms with Gasteiger partial charge in [-0.2, -0.15) is 0 Å². The maximum Gasteiger partial charge on any atom is 0.266 e. The highest BCUT2D eigenvalue weighted by atomic mass is 35.5. The fourth-order valence-electron chi connectivity index (χ4n) is 2.79. The molecule has 0 fully saturated rings. The van der Waals surface area contributed by atoms with Crippen molar-refractivity contribution in [1.82, 2.24) is 14.9 Å². The maximum absolute atomic E-state index is 13.1. The molecule has 2 aromatic carbocycles. The van der Waals surface area contributed by atoms with E-state index in [0.717, 1.165) is 0 Å². The largest absolute Gasteiger partial charge is 0.383 e. The highest BCUT2D eigenvalue weighted by Crippen LogP contribution is 2.25. The maximum atomic E-state index is 13.1. The zero-order valence-electron chi connectivity index (χ0n) is 15.5.